The molecule has 0 radical (unpaired) electrons. The average molecular weight is 411 g/mol. The lowest BCUT2D eigenvalue weighted by molar-refractivity contribution is -0.123. The summed E-state index contributed by atoms with van der Waals surface area (Å²) < 4.78 is 0. The van der Waals surface area contributed by atoms with Gasteiger partial charge in [0.25, 0.3) is 5.91 Å². The van der Waals surface area contributed by atoms with Crippen molar-refractivity contribution < 1.29 is 14.4 Å². The normalized spacial score (nSPS) is 14.2. The van der Waals surface area contributed by atoms with Crippen LogP contribution in [0.5, 0.6) is 0 Å². The van der Waals surface area contributed by atoms with Gasteiger partial charge in [-0.3, -0.25) is 14.4 Å². The molecule has 0 saturated carbocycles. The molecule has 0 aromatic heterocycles. The number of anilines is 1. The minimum atomic E-state index is -0.304. The van der Waals surface area contributed by atoms with Gasteiger partial charge in [-0.2, -0.15) is 0 Å². The van der Waals surface area contributed by atoms with Gasteiger partial charge in [0, 0.05) is 25.4 Å². The third-order valence-electron chi connectivity index (χ3n) is 4.97. The number of hydrogen-bond donors (Lipinski definition) is 3. The maximum absolute atomic E-state index is 12.9. The molecule has 1 heterocycles. The van der Waals surface area contributed by atoms with Crippen LogP contribution in [0.15, 0.2) is 24.3 Å². The zero-order chi connectivity index (χ0) is 19.6. The van der Waals surface area contributed by atoms with Gasteiger partial charge < -0.3 is 21.7 Å². The number of hydrogen-bond acceptors (Lipinski definition) is 4. The van der Waals surface area contributed by atoms with Crippen molar-refractivity contribution in [2.75, 3.05) is 25.0 Å². The van der Waals surface area contributed by atoms with Gasteiger partial charge in [-0.15, -0.1) is 12.4 Å². The van der Waals surface area contributed by atoms with Gasteiger partial charge in [0.15, 0.2) is 0 Å². The second kappa shape index (κ2) is 12.4. The molecule has 0 unspecified atom stereocenters. The number of unbranched alkanes of at least 4 members (excludes halogenated alkanes) is 3. The highest BCUT2D eigenvalue weighted by Gasteiger charge is 2.27. The van der Waals surface area contributed by atoms with Crippen molar-refractivity contribution >= 4 is 35.8 Å². The molecule has 0 aliphatic carbocycles. The van der Waals surface area contributed by atoms with Crippen LogP contribution in [0.1, 0.15) is 55.3 Å². The van der Waals surface area contributed by atoms with E-state index in [1.807, 2.05) is 0 Å². The molecule has 1 aliphatic rings. The number of likely N-dealkylation sites (tertiary alicyclic amines) is 1. The van der Waals surface area contributed by atoms with Gasteiger partial charge in [-0.05, 0) is 44.4 Å². The van der Waals surface area contributed by atoms with Crippen LogP contribution < -0.4 is 16.8 Å². The fourth-order valence-corrected chi connectivity index (χ4v) is 3.31. The highest BCUT2D eigenvalue weighted by molar-refractivity contribution is 6.03. The Kier molecular flexibility index (Phi) is 10.6. The Hall–Kier alpha value is -2.12. The average Bonchev–Trinajstić information content (AvgIpc) is 2.68. The summed E-state index contributed by atoms with van der Waals surface area (Å²) in [6, 6.07) is 7.05. The van der Waals surface area contributed by atoms with Crippen LogP contribution in [0.25, 0.3) is 0 Å². The molecule has 1 fully saturated rings. The number of nitrogens with two attached hydrogens (primary N) is 2. The Balaban J connectivity index is 0.00000392. The van der Waals surface area contributed by atoms with Crippen LogP contribution in [0.3, 0.4) is 0 Å². The lowest BCUT2D eigenvalue weighted by Crippen LogP contribution is -2.42. The van der Waals surface area contributed by atoms with Crippen molar-refractivity contribution in [2.45, 2.75) is 44.9 Å². The van der Waals surface area contributed by atoms with Crippen molar-refractivity contribution in [3.8, 4) is 0 Å². The third-order valence-corrected chi connectivity index (χ3v) is 4.97. The number of carbonyl (C=O) groups excluding carboxylic acids is 3. The number of carbonyl (C=O) groups is 3. The first-order chi connectivity index (χ1) is 13.0. The van der Waals surface area contributed by atoms with Crippen molar-refractivity contribution in [1.82, 2.24) is 4.90 Å². The lowest BCUT2D eigenvalue weighted by atomic mass is 9.95. The van der Waals surface area contributed by atoms with E-state index >= 15 is 0 Å². The molecule has 3 amide bonds. The van der Waals surface area contributed by atoms with Crippen LogP contribution in [0.2, 0.25) is 0 Å². The van der Waals surface area contributed by atoms with E-state index in [4.69, 9.17) is 11.5 Å². The first-order valence-electron chi connectivity index (χ1n) is 9.70. The third kappa shape index (κ3) is 7.13. The van der Waals surface area contributed by atoms with Crippen molar-refractivity contribution in [3.05, 3.63) is 29.8 Å². The number of nitrogens with zero attached hydrogens (tertiary/aromatic N) is 1. The molecule has 156 valence electrons. The summed E-state index contributed by atoms with van der Waals surface area (Å²) in [6.45, 7) is 1.67. The number of para-hydroxylation sites is 1. The van der Waals surface area contributed by atoms with Crippen molar-refractivity contribution in [3.63, 3.8) is 0 Å². The largest absolute Gasteiger partial charge is 0.369 e. The predicted molar refractivity (Wildman–Crippen MR) is 112 cm³/mol. The van der Waals surface area contributed by atoms with Crippen LogP contribution in [0.4, 0.5) is 5.69 Å². The zero-order valence-corrected chi connectivity index (χ0v) is 17.0. The van der Waals surface area contributed by atoms with Gasteiger partial charge >= 0.3 is 0 Å². The standard InChI is InChI=1S/C20H30N4O3.ClH/c21-12-6-2-1-3-9-18(25)23-17-8-5-4-7-16(17)20(27)24-13-10-15(11-14-24)19(22)26;/h4-5,7-8,15H,1-3,6,9-14,21H2,(H2,22,26)(H,23,25);1H. The molecule has 28 heavy (non-hydrogen) atoms. The van der Waals surface area contributed by atoms with E-state index in [-0.39, 0.29) is 36.0 Å². The Bertz CT molecular complexity index is 661. The van der Waals surface area contributed by atoms with Gasteiger partial charge in [-0.25, -0.2) is 0 Å². The molecule has 8 heteroatoms. The fraction of sp³-hybridized carbons (Fsp3) is 0.550. The molecule has 5 N–H and O–H groups in total. The van der Waals surface area contributed by atoms with Crippen molar-refractivity contribution in [1.29, 1.82) is 0 Å². The molecule has 1 aliphatic heterocycles. The maximum atomic E-state index is 12.9. The summed E-state index contributed by atoms with van der Waals surface area (Å²) in [4.78, 5) is 38.1. The minimum absolute atomic E-state index is 0. The second-order valence-electron chi connectivity index (χ2n) is 7.02. The summed E-state index contributed by atoms with van der Waals surface area (Å²) in [7, 11) is 0. The molecule has 0 spiro atoms. The van der Waals surface area contributed by atoms with E-state index < -0.39 is 0 Å². The van der Waals surface area contributed by atoms with E-state index in [1.54, 1.807) is 29.2 Å². The van der Waals surface area contributed by atoms with Gasteiger partial charge in [0.05, 0.1) is 11.3 Å². The van der Waals surface area contributed by atoms with E-state index in [0.29, 0.717) is 50.1 Å². The second-order valence-corrected chi connectivity index (χ2v) is 7.02. The smallest absolute Gasteiger partial charge is 0.255 e. The van der Waals surface area contributed by atoms with Gasteiger partial charge in [-0.1, -0.05) is 25.0 Å². The number of nitrogens with one attached hydrogen (secondary N) is 1. The van der Waals surface area contributed by atoms with Crippen LogP contribution in [0, 0.1) is 5.92 Å². The van der Waals surface area contributed by atoms with Crippen molar-refractivity contribution in [2.24, 2.45) is 17.4 Å². The molecule has 1 aromatic carbocycles. The first kappa shape index (κ1) is 23.9. The van der Waals surface area contributed by atoms with E-state index in [1.165, 1.54) is 0 Å². The minimum Gasteiger partial charge on any atom is -0.369 e. The molecule has 0 bridgehead atoms. The quantitative estimate of drug-likeness (QED) is 0.541. The number of primary amides is 1. The monoisotopic (exact) mass is 410 g/mol. The highest BCUT2D eigenvalue weighted by Crippen LogP contribution is 2.22. The van der Waals surface area contributed by atoms with Gasteiger partial charge in [0.1, 0.15) is 0 Å². The zero-order valence-electron chi connectivity index (χ0n) is 16.2. The summed E-state index contributed by atoms with van der Waals surface area (Å²) in [5, 5.41) is 2.86. The SMILES string of the molecule is Cl.NCCCCCCC(=O)Nc1ccccc1C(=O)N1CCC(C(N)=O)CC1. The fourth-order valence-electron chi connectivity index (χ4n) is 3.31. The predicted octanol–water partition coefficient (Wildman–Crippen LogP) is 2.29. The number of rotatable bonds is 9. The molecular weight excluding hydrogens is 380 g/mol. The molecule has 1 saturated heterocycles. The van der Waals surface area contributed by atoms with Gasteiger partial charge in [0.2, 0.25) is 11.8 Å². The van der Waals surface area contributed by atoms with E-state index in [9.17, 15) is 14.4 Å². The van der Waals surface area contributed by atoms with Crippen LogP contribution in [-0.4, -0.2) is 42.3 Å². The lowest BCUT2D eigenvalue weighted by Gasteiger charge is -2.31. The Labute approximate surface area is 172 Å². The topological polar surface area (TPSA) is 119 Å². The van der Waals surface area contributed by atoms with E-state index in [0.717, 1.165) is 25.7 Å². The molecule has 1 aromatic rings. The Morgan fingerprint density at radius 2 is 1.68 bits per heavy atom. The Morgan fingerprint density at radius 3 is 2.32 bits per heavy atom. The highest BCUT2D eigenvalue weighted by atomic mass is 35.5. The number of halogens is 1. The molecular formula is C20H31ClN4O3. The Morgan fingerprint density at radius 1 is 1.04 bits per heavy atom. The molecule has 0 atom stereocenters. The molecule has 7 nitrogen and oxygen atoms in total. The van der Waals surface area contributed by atoms with Crippen LogP contribution in [-0.2, 0) is 9.59 Å². The summed E-state index contributed by atoms with van der Waals surface area (Å²) in [5.41, 5.74) is 11.8. The number of piperidine rings is 1. The molecule has 2 rings (SSSR count). The van der Waals surface area contributed by atoms with E-state index in [2.05, 4.69) is 5.32 Å². The summed E-state index contributed by atoms with van der Waals surface area (Å²) in [5.74, 6) is -0.684. The summed E-state index contributed by atoms with van der Waals surface area (Å²) >= 11 is 0. The number of amides is 3. The maximum Gasteiger partial charge on any atom is 0.255 e. The first-order valence-corrected chi connectivity index (χ1v) is 9.70. The van der Waals surface area contributed by atoms with Crippen LogP contribution >= 0.6 is 12.4 Å². The number of benzene rings is 1. The summed E-state index contributed by atoms with van der Waals surface area (Å²) in [6.07, 6.45) is 5.38.